The third-order valence-electron chi connectivity index (χ3n) is 7.70. The fraction of sp³-hybridized carbons (Fsp3) is 0.265. The average molecular weight is 582 g/mol. The van der Waals surface area contributed by atoms with Crippen molar-refractivity contribution in [1.29, 1.82) is 5.26 Å². The van der Waals surface area contributed by atoms with Crippen LogP contribution in [0.2, 0.25) is 5.02 Å². The quantitative estimate of drug-likeness (QED) is 0.216. The van der Waals surface area contributed by atoms with Gasteiger partial charge in [-0.2, -0.15) is 5.26 Å². The molecule has 3 aromatic carbocycles. The van der Waals surface area contributed by atoms with Gasteiger partial charge in [-0.15, -0.1) is 0 Å². The van der Waals surface area contributed by atoms with Crippen LogP contribution in [0.25, 0.3) is 11.1 Å². The van der Waals surface area contributed by atoms with Crippen molar-refractivity contribution in [3.05, 3.63) is 111 Å². The topological polar surface area (TPSA) is 95.7 Å². The van der Waals surface area contributed by atoms with Crippen LogP contribution >= 0.6 is 11.6 Å². The summed E-state index contributed by atoms with van der Waals surface area (Å²) in [6.07, 6.45) is 4.46. The molecule has 1 N–H and O–H groups in total. The third-order valence-corrected chi connectivity index (χ3v) is 7.99. The van der Waals surface area contributed by atoms with E-state index in [4.69, 9.17) is 21.1 Å². The maximum absolute atomic E-state index is 11.5. The minimum Gasteiger partial charge on any atom is -0.488 e. The number of halogens is 1. The normalized spacial score (nSPS) is 14.9. The highest BCUT2D eigenvalue weighted by molar-refractivity contribution is 6.32. The van der Waals surface area contributed by atoms with Gasteiger partial charge >= 0.3 is 0 Å². The van der Waals surface area contributed by atoms with Crippen LogP contribution in [-0.2, 0) is 19.8 Å². The molecular weight excluding hydrogens is 550 g/mol. The molecule has 7 nitrogen and oxygen atoms in total. The van der Waals surface area contributed by atoms with Gasteiger partial charge in [0.1, 0.15) is 37.1 Å². The fourth-order valence-electron chi connectivity index (χ4n) is 5.29. The highest BCUT2D eigenvalue weighted by Gasteiger charge is 2.22. The Kier molecular flexibility index (Phi) is 9.19. The number of aliphatic hydroxyl groups excluding tert-OH is 1. The minimum absolute atomic E-state index is 0.222. The summed E-state index contributed by atoms with van der Waals surface area (Å²) in [5, 5.41) is 19.7. The molecular formula is C34H32ClN3O4. The van der Waals surface area contributed by atoms with Crippen LogP contribution in [0, 0.1) is 25.2 Å². The van der Waals surface area contributed by atoms with E-state index in [2.05, 4.69) is 22.0 Å². The smallest absolute Gasteiger partial charge is 0.150 e. The molecule has 5 rings (SSSR count). The highest BCUT2D eigenvalue weighted by Crippen LogP contribution is 2.36. The van der Waals surface area contributed by atoms with Crippen LogP contribution < -0.4 is 9.47 Å². The first-order chi connectivity index (χ1) is 20.4. The molecule has 1 aliphatic rings. The van der Waals surface area contributed by atoms with Crippen molar-refractivity contribution in [3.8, 4) is 28.7 Å². The van der Waals surface area contributed by atoms with Gasteiger partial charge in [0, 0.05) is 54.8 Å². The second kappa shape index (κ2) is 13.2. The molecule has 0 aliphatic carbocycles. The number of ether oxygens (including phenoxy) is 2. The Labute approximate surface area is 250 Å². The van der Waals surface area contributed by atoms with Crippen LogP contribution in [0.15, 0.2) is 67.0 Å². The molecule has 4 aromatic rings. The molecule has 0 bridgehead atoms. The van der Waals surface area contributed by atoms with Gasteiger partial charge in [-0.05, 0) is 60.2 Å². The number of hydrogen-bond donors (Lipinski definition) is 1. The summed E-state index contributed by atoms with van der Waals surface area (Å²) in [5.74, 6) is 1.11. The lowest BCUT2D eigenvalue weighted by Gasteiger charge is -2.20. The number of carbonyl (C=O) groups is 1. The Morgan fingerprint density at radius 1 is 1.02 bits per heavy atom. The van der Waals surface area contributed by atoms with Crippen LogP contribution in [-0.4, -0.2) is 40.5 Å². The Morgan fingerprint density at radius 3 is 2.52 bits per heavy atom. The van der Waals surface area contributed by atoms with Crippen molar-refractivity contribution < 1.29 is 19.4 Å². The van der Waals surface area contributed by atoms with E-state index in [1.54, 1.807) is 12.3 Å². The van der Waals surface area contributed by atoms with Crippen LogP contribution in [0.3, 0.4) is 0 Å². The molecule has 8 heteroatoms. The van der Waals surface area contributed by atoms with Crippen molar-refractivity contribution in [2.24, 2.45) is 0 Å². The Bertz CT molecular complexity index is 1650. The molecule has 0 spiro atoms. The zero-order valence-corrected chi connectivity index (χ0v) is 24.4. The molecule has 1 aromatic heterocycles. The van der Waals surface area contributed by atoms with E-state index in [9.17, 15) is 15.2 Å². The Morgan fingerprint density at radius 2 is 1.79 bits per heavy atom. The lowest BCUT2D eigenvalue weighted by atomic mass is 9.92. The Balaban J connectivity index is 1.40. The average Bonchev–Trinajstić information content (AvgIpc) is 3.41. The number of β-amino-alcohol motifs (C(OH)–C–C–N with tert-alkyl or cyclic N) is 1. The first-order valence-electron chi connectivity index (χ1n) is 13.8. The SMILES string of the molecule is Cc1c(C=O)cccc1-c1cccc(COc2cc(OCc3cncc(C#N)c3)c(CN3CCC(O)C3)cc2Cl)c1C. The van der Waals surface area contributed by atoms with E-state index < -0.39 is 0 Å². The van der Waals surface area contributed by atoms with Crippen molar-refractivity contribution in [2.45, 2.75) is 46.1 Å². The lowest BCUT2D eigenvalue weighted by molar-refractivity contribution is 0.112. The summed E-state index contributed by atoms with van der Waals surface area (Å²) in [7, 11) is 0. The molecule has 0 amide bonds. The predicted molar refractivity (Wildman–Crippen MR) is 162 cm³/mol. The van der Waals surface area contributed by atoms with Gasteiger partial charge in [-0.3, -0.25) is 14.7 Å². The van der Waals surface area contributed by atoms with Gasteiger partial charge in [0.15, 0.2) is 0 Å². The van der Waals surface area contributed by atoms with E-state index in [1.165, 1.54) is 6.20 Å². The first-order valence-corrected chi connectivity index (χ1v) is 14.2. The highest BCUT2D eigenvalue weighted by atomic mass is 35.5. The van der Waals surface area contributed by atoms with Crippen LogP contribution in [0.5, 0.6) is 11.5 Å². The molecule has 1 atom stereocenters. The maximum Gasteiger partial charge on any atom is 0.150 e. The van der Waals surface area contributed by atoms with Crippen LogP contribution in [0.1, 0.15) is 50.2 Å². The van der Waals surface area contributed by atoms with E-state index in [0.717, 1.165) is 58.2 Å². The number of aromatic nitrogens is 1. The van der Waals surface area contributed by atoms with Crippen molar-refractivity contribution >= 4 is 17.9 Å². The van der Waals surface area contributed by atoms with E-state index >= 15 is 0 Å². The number of aliphatic hydroxyl groups is 1. The zero-order chi connectivity index (χ0) is 29.6. The summed E-state index contributed by atoms with van der Waals surface area (Å²) in [6, 6.07) is 19.3. The number of nitrogens with zero attached hydrogens (tertiary/aromatic N) is 3. The zero-order valence-electron chi connectivity index (χ0n) is 23.6. The summed E-state index contributed by atoms with van der Waals surface area (Å²) >= 11 is 6.73. The summed E-state index contributed by atoms with van der Waals surface area (Å²) in [5.41, 5.74) is 7.85. The van der Waals surface area contributed by atoms with E-state index in [1.807, 2.05) is 56.3 Å². The van der Waals surface area contributed by atoms with Gasteiger partial charge in [0.25, 0.3) is 0 Å². The number of carbonyl (C=O) groups excluding carboxylic acids is 1. The fourth-order valence-corrected chi connectivity index (χ4v) is 5.53. The number of nitriles is 1. The second-order valence-corrected chi connectivity index (χ2v) is 11.0. The van der Waals surface area contributed by atoms with Gasteiger partial charge in [-0.25, -0.2) is 0 Å². The number of pyridine rings is 1. The van der Waals surface area contributed by atoms with E-state index in [-0.39, 0.29) is 19.3 Å². The van der Waals surface area contributed by atoms with Gasteiger partial charge in [-0.1, -0.05) is 48.0 Å². The summed E-state index contributed by atoms with van der Waals surface area (Å²) in [4.78, 5) is 17.8. The van der Waals surface area contributed by atoms with Crippen molar-refractivity contribution in [1.82, 2.24) is 9.88 Å². The summed E-state index contributed by atoms with van der Waals surface area (Å²) < 4.78 is 12.5. The number of benzene rings is 3. The number of likely N-dealkylation sites (tertiary alicyclic amines) is 1. The molecule has 1 saturated heterocycles. The number of rotatable bonds is 10. The molecule has 2 heterocycles. The van der Waals surface area contributed by atoms with Gasteiger partial charge < -0.3 is 14.6 Å². The molecule has 42 heavy (non-hydrogen) atoms. The molecule has 1 aliphatic heterocycles. The van der Waals surface area contributed by atoms with Crippen molar-refractivity contribution in [2.75, 3.05) is 13.1 Å². The molecule has 214 valence electrons. The molecule has 0 saturated carbocycles. The number of aldehydes is 1. The van der Waals surface area contributed by atoms with Crippen LogP contribution in [0.4, 0.5) is 0 Å². The standard InChI is InChI=1S/C34H32ClN3O4/c1-22-26(19-39)5-3-7-30(22)31-8-4-6-27(23(31)2)21-42-34-13-33(41-20-25-11-24(14-36)15-37-16-25)28(12-32(34)35)17-38-10-9-29(40)18-38/h3-8,11-13,15-16,19,29,40H,9-10,17-18,20-21H2,1-2H3. The number of hydrogen-bond acceptors (Lipinski definition) is 7. The molecule has 0 radical (unpaired) electrons. The van der Waals surface area contributed by atoms with Gasteiger partial charge in [0.2, 0.25) is 0 Å². The second-order valence-electron chi connectivity index (χ2n) is 10.6. The third kappa shape index (κ3) is 6.63. The monoisotopic (exact) mass is 581 g/mol. The van der Waals surface area contributed by atoms with E-state index in [0.29, 0.717) is 40.7 Å². The first kappa shape index (κ1) is 29.3. The minimum atomic E-state index is -0.337. The molecule has 1 unspecified atom stereocenters. The maximum atomic E-state index is 11.5. The lowest BCUT2D eigenvalue weighted by Crippen LogP contribution is -2.22. The van der Waals surface area contributed by atoms with Gasteiger partial charge in [0.05, 0.1) is 16.7 Å². The summed E-state index contributed by atoms with van der Waals surface area (Å²) in [6.45, 7) is 6.47. The largest absolute Gasteiger partial charge is 0.488 e. The predicted octanol–water partition coefficient (Wildman–Crippen LogP) is 6.43. The van der Waals surface area contributed by atoms with Crippen molar-refractivity contribution in [3.63, 3.8) is 0 Å². The Hall–Kier alpha value is -4.22. The molecule has 1 fully saturated rings.